The van der Waals surface area contributed by atoms with Crippen LogP contribution >= 0.6 is 0 Å². The first-order valence-electron chi connectivity index (χ1n) is 5.51. The quantitative estimate of drug-likeness (QED) is 0.731. The molecule has 18 heavy (non-hydrogen) atoms. The van der Waals surface area contributed by atoms with Crippen molar-refractivity contribution in [1.82, 2.24) is 10.3 Å². The van der Waals surface area contributed by atoms with Gasteiger partial charge in [0.15, 0.2) is 0 Å². The molecule has 1 aromatic carbocycles. The topological polar surface area (TPSA) is 62.0 Å². The van der Waals surface area contributed by atoms with Crippen molar-refractivity contribution in [3.05, 3.63) is 46.4 Å². The smallest absolute Gasteiger partial charge is 0.248 e. The molecule has 0 fully saturated rings. The van der Waals surface area contributed by atoms with Crippen LogP contribution in [-0.4, -0.2) is 17.4 Å². The number of nitrogens with one attached hydrogen (secondary N) is 2. The molecule has 0 bridgehead atoms. The molecule has 0 radical (unpaired) electrons. The van der Waals surface area contributed by atoms with Gasteiger partial charge in [0.2, 0.25) is 11.5 Å². The van der Waals surface area contributed by atoms with Gasteiger partial charge in [-0.2, -0.15) is 0 Å². The number of aromatic amines is 1. The number of carbonyl (C=O) groups excluding carboxylic acids is 1. The molecule has 0 saturated carbocycles. The summed E-state index contributed by atoms with van der Waals surface area (Å²) in [7, 11) is 0. The van der Waals surface area contributed by atoms with Crippen LogP contribution in [0, 0.1) is 11.8 Å². The van der Waals surface area contributed by atoms with E-state index in [0.29, 0.717) is 6.54 Å². The zero-order chi connectivity index (χ0) is 13.0. The number of benzene rings is 1. The largest absolute Gasteiger partial charge is 0.345 e. The van der Waals surface area contributed by atoms with E-state index >= 15 is 0 Å². The minimum atomic E-state index is -0.133. The Hall–Kier alpha value is -2.54. The first-order valence-corrected chi connectivity index (χ1v) is 5.51. The summed E-state index contributed by atoms with van der Waals surface area (Å²) in [6, 6.07) is 7.16. The molecule has 90 valence electrons. The van der Waals surface area contributed by atoms with Gasteiger partial charge in [-0.05, 0) is 22.9 Å². The molecule has 0 saturated heterocycles. The third-order valence-corrected chi connectivity index (χ3v) is 2.40. The zero-order valence-electron chi connectivity index (χ0n) is 9.91. The van der Waals surface area contributed by atoms with Crippen molar-refractivity contribution in [2.75, 3.05) is 6.54 Å². The van der Waals surface area contributed by atoms with E-state index in [2.05, 4.69) is 22.1 Å². The molecule has 4 nitrogen and oxygen atoms in total. The van der Waals surface area contributed by atoms with Crippen LogP contribution in [0.5, 0.6) is 0 Å². The fraction of sp³-hybridized carbons (Fsp3) is 0.143. The Kier molecular flexibility index (Phi) is 3.44. The molecule has 1 heterocycles. The van der Waals surface area contributed by atoms with Gasteiger partial charge in [0.05, 0.1) is 6.54 Å². The van der Waals surface area contributed by atoms with E-state index in [1.807, 2.05) is 18.2 Å². The molecule has 0 aliphatic carbocycles. The van der Waals surface area contributed by atoms with Crippen molar-refractivity contribution >= 4 is 16.7 Å². The predicted molar refractivity (Wildman–Crippen MR) is 70.1 cm³/mol. The summed E-state index contributed by atoms with van der Waals surface area (Å²) in [5.74, 6) is 5.68. The summed E-state index contributed by atoms with van der Waals surface area (Å²) in [6.07, 6.45) is 1.67. The molecule has 0 aliphatic heterocycles. The van der Waals surface area contributed by atoms with Crippen LogP contribution in [0.25, 0.3) is 10.8 Å². The summed E-state index contributed by atoms with van der Waals surface area (Å²) < 4.78 is 0. The van der Waals surface area contributed by atoms with Crippen LogP contribution in [-0.2, 0) is 4.79 Å². The second-order valence-corrected chi connectivity index (χ2v) is 3.85. The van der Waals surface area contributed by atoms with E-state index in [1.54, 1.807) is 6.20 Å². The number of pyridine rings is 1. The second kappa shape index (κ2) is 5.19. The van der Waals surface area contributed by atoms with Gasteiger partial charge >= 0.3 is 0 Å². The van der Waals surface area contributed by atoms with E-state index in [-0.39, 0.29) is 11.5 Å². The summed E-state index contributed by atoms with van der Waals surface area (Å²) in [4.78, 5) is 24.5. The van der Waals surface area contributed by atoms with Gasteiger partial charge in [0.25, 0.3) is 0 Å². The normalized spacial score (nSPS) is 9.61. The Labute approximate surface area is 104 Å². The number of fused-ring (bicyclic) bond motifs is 1. The number of aromatic nitrogens is 1. The molecule has 1 aromatic heterocycles. The van der Waals surface area contributed by atoms with Crippen LogP contribution in [0.1, 0.15) is 12.5 Å². The highest BCUT2D eigenvalue weighted by atomic mass is 16.1. The Balaban J connectivity index is 2.24. The van der Waals surface area contributed by atoms with E-state index in [4.69, 9.17) is 0 Å². The average molecular weight is 240 g/mol. The van der Waals surface area contributed by atoms with Gasteiger partial charge in [-0.1, -0.05) is 17.9 Å². The summed E-state index contributed by atoms with van der Waals surface area (Å²) >= 11 is 0. The third kappa shape index (κ3) is 2.98. The fourth-order valence-corrected chi connectivity index (χ4v) is 1.56. The monoisotopic (exact) mass is 240 g/mol. The molecule has 0 spiro atoms. The second-order valence-electron chi connectivity index (χ2n) is 3.85. The lowest BCUT2D eigenvalue weighted by Crippen LogP contribution is -2.19. The van der Waals surface area contributed by atoms with Gasteiger partial charge < -0.3 is 10.3 Å². The zero-order valence-corrected chi connectivity index (χ0v) is 9.91. The van der Waals surface area contributed by atoms with Crippen LogP contribution < -0.4 is 10.9 Å². The lowest BCUT2D eigenvalue weighted by Gasteiger charge is -1.97. The fourth-order valence-electron chi connectivity index (χ4n) is 1.56. The van der Waals surface area contributed by atoms with Crippen LogP contribution in [0.3, 0.4) is 0 Å². The van der Waals surface area contributed by atoms with Crippen molar-refractivity contribution in [2.24, 2.45) is 0 Å². The summed E-state index contributed by atoms with van der Waals surface area (Å²) in [5, 5.41) is 4.41. The molecule has 2 rings (SSSR count). The SMILES string of the molecule is CC(=O)NCC#Cc1ccc2c[nH]c(=O)cc2c1. The molecule has 2 aromatic rings. The molecule has 1 amide bonds. The maximum absolute atomic E-state index is 11.2. The summed E-state index contributed by atoms with van der Waals surface area (Å²) in [5.41, 5.74) is 0.685. The van der Waals surface area contributed by atoms with E-state index in [1.165, 1.54) is 13.0 Å². The molecule has 0 unspecified atom stereocenters. The molecule has 4 heteroatoms. The molecule has 0 atom stereocenters. The predicted octanol–water partition coefficient (Wildman–Crippen LogP) is 1.02. The number of hydrogen-bond donors (Lipinski definition) is 2. The Morgan fingerprint density at radius 3 is 2.94 bits per heavy atom. The third-order valence-electron chi connectivity index (χ3n) is 2.40. The van der Waals surface area contributed by atoms with Crippen LogP contribution in [0.4, 0.5) is 0 Å². The molecule has 0 aliphatic rings. The van der Waals surface area contributed by atoms with Gasteiger partial charge in [-0.25, -0.2) is 0 Å². The van der Waals surface area contributed by atoms with Crippen molar-refractivity contribution < 1.29 is 4.79 Å². The highest BCUT2D eigenvalue weighted by Crippen LogP contribution is 2.12. The minimum Gasteiger partial charge on any atom is -0.345 e. The van der Waals surface area contributed by atoms with Gasteiger partial charge in [0.1, 0.15) is 0 Å². The number of amides is 1. The van der Waals surface area contributed by atoms with Crippen molar-refractivity contribution in [3.8, 4) is 11.8 Å². The first-order chi connectivity index (χ1) is 8.65. The lowest BCUT2D eigenvalue weighted by molar-refractivity contribution is -0.118. The highest BCUT2D eigenvalue weighted by Gasteiger charge is 1.95. The van der Waals surface area contributed by atoms with E-state index < -0.39 is 0 Å². The molecular weight excluding hydrogens is 228 g/mol. The van der Waals surface area contributed by atoms with Crippen LogP contribution in [0.2, 0.25) is 0 Å². The van der Waals surface area contributed by atoms with Crippen molar-refractivity contribution in [2.45, 2.75) is 6.92 Å². The maximum atomic E-state index is 11.2. The number of rotatable bonds is 1. The number of H-pyrrole nitrogens is 1. The van der Waals surface area contributed by atoms with Gasteiger partial charge in [-0.15, -0.1) is 0 Å². The number of carbonyl (C=O) groups is 1. The van der Waals surface area contributed by atoms with E-state index in [0.717, 1.165) is 16.3 Å². The highest BCUT2D eigenvalue weighted by molar-refractivity contribution is 5.82. The molecule has 2 N–H and O–H groups in total. The van der Waals surface area contributed by atoms with Crippen molar-refractivity contribution in [3.63, 3.8) is 0 Å². The lowest BCUT2D eigenvalue weighted by atomic mass is 10.1. The first kappa shape index (κ1) is 11.9. The maximum Gasteiger partial charge on any atom is 0.248 e. The standard InChI is InChI=1S/C14H12N2O2/c1-10(17)15-6-2-3-11-4-5-12-9-16-14(18)8-13(12)7-11/h4-5,7-9H,6H2,1H3,(H,15,17)(H,16,18). The Morgan fingerprint density at radius 1 is 1.33 bits per heavy atom. The van der Waals surface area contributed by atoms with Gasteiger partial charge in [0, 0.05) is 24.8 Å². The van der Waals surface area contributed by atoms with Crippen molar-refractivity contribution in [1.29, 1.82) is 0 Å². The Morgan fingerprint density at radius 2 is 2.17 bits per heavy atom. The minimum absolute atomic E-state index is 0.102. The number of hydrogen-bond acceptors (Lipinski definition) is 2. The van der Waals surface area contributed by atoms with Crippen LogP contribution in [0.15, 0.2) is 35.3 Å². The Bertz CT molecular complexity index is 705. The molecular formula is C14H12N2O2. The van der Waals surface area contributed by atoms with Gasteiger partial charge in [-0.3, -0.25) is 9.59 Å². The average Bonchev–Trinajstić information content (AvgIpc) is 2.34. The summed E-state index contributed by atoms with van der Waals surface area (Å²) in [6.45, 7) is 1.77. The van der Waals surface area contributed by atoms with E-state index in [9.17, 15) is 9.59 Å².